The summed E-state index contributed by atoms with van der Waals surface area (Å²) in [6, 6.07) is 0.951. The first-order chi connectivity index (χ1) is 16.8. The number of amides is 2. The molecular formula is C21H22F6N4O4S. The molecule has 15 heteroatoms. The minimum atomic E-state index is -4.78. The number of nitrogens with one attached hydrogen (secondary N) is 1. The predicted molar refractivity (Wildman–Crippen MR) is 117 cm³/mol. The molecule has 1 N–H and O–H groups in total. The van der Waals surface area contributed by atoms with Gasteiger partial charge in [-0.3, -0.25) is 9.53 Å². The average molecular weight is 540 g/mol. The van der Waals surface area contributed by atoms with E-state index in [0.29, 0.717) is 0 Å². The summed E-state index contributed by atoms with van der Waals surface area (Å²) in [6.45, 7) is 1.69. The molecule has 0 unspecified atom stereocenters. The zero-order valence-corrected chi connectivity index (χ0v) is 19.9. The van der Waals surface area contributed by atoms with E-state index in [-0.39, 0.29) is 60.1 Å². The molecule has 2 amide bonds. The monoisotopic (exact) mass is 540 g/mol. The maximum Gasteiger partial charge on any atom is 0.522 e. The Hall–Kier alpha value is -2.81. The van der Waals surface area contributed by atoms with E-state index in [1.54, 1.807) is 11.8 Å². The van der Waals surface area contributed by atoms with E-state index in [4.69, 9.17) is 4.74 Å². The van der Waals surface area contributed by atoms with Crippen LogP contribution in [0.25, 0.3) is 10.2 Å². The van der Waals surface area contributed by atoms with E-state index in [1.807, 2.05) is 0 Å². The standard InChI is InChI=1S/C21H22F6N4O4S/c1-10-6-30(4-3-14(10)34-19(33)31-7-11(8-31)35-21(25,26)27)15-5-13(20(22,23)24)17-16(29-15)12(9-36-17)18(32)28-2/h5,9-11,14H,3-4,6-8H2,1-2H3,(H,28,32)/t10-,14+/m1/s1. The molecule has 4 heterocycles. The first kappa shape index (κ1) is 26.3. The fourth-order valence-corrected chi connectivity index (χ4v) is 5.25. The predicted octanol–water partition coefficient (Wildman–Crippen LogP) is 4.25. The second-order valence-electron chi connectivity index (χ2n) is 8.66. The molecule has 0 bridgehead atoms. The quantitative estimate of drug-likeness (QED) is 0.584. The second-order valence-corrected chi connectivity index (χ2v) is 9.54. The van der Waals surface area contributed by atoms with Crippen molar-refractivity contribution in [2.75, 3.05) is 38.1 Å². The number of hydrogen-bond donors (Lipinski definition) is 1. The second kappa shape index (κ2) is 9.57. The Balaban J connectivity index is 1.45. The molecule has 0 aliphatic carbocycles. The van der Waals surface area contributed by atoms with Crippen LogP contribution in [-0.4, -0.2) is 73.7 Å². The Morgan fingerprint density at radius 1 is 1.17 bits per heavy atom. The molecule has 2 fully saturated rings. The molecule has 8 nitrogen and oxygen atoms in total. The van der Waals surface area contributed by atoms with Gasteiger partial charge in [-0.15, -0.1) is 24.5 Å². The molecule has 2 aliphatic heterocycles. The average Bonchev–Trinajstić information content (AvgIpc) is 3.18. The van der Waals surface area contributed by atoms with E-state index < -0.39 is 42.3 Å². The lowest BCUT2D eigenvalue weighted by Crippen LogP contribution is -2.57. The number of rotatable bonds is 4. The normalized spacial score (nSPS) is 21.4. The number of ether oxygens (including phenoxy) is 2. The van der Waals surface area contributed by atoms with Gasteiger partial charge in [-0.25, -0.2) is 9.78 Å². The van der Waals surface area contributed by atoms with Gasteiger partial charge in [0.25, 0.3) is 5.91 Å². The number of hydrogen-bond acceptors (Lipinski definition) is 7. The number of thiophene rings is 1. The molecular weight excluding hydrogens is 518 g/mol. The lowest BCUT2D eigenvalue weighted by Gasteiger charge is -2.41. The van der Waals surface area contributed by atoms with Crippen molar-refractivity contribution in [2.24, 2.45) is 5.92 Å². The number of halogens is 6. The molecule has 2 saturated heterocycles. The van der Waals surface area contributed by atoms with Gasteiger partial charge in [0, 0.05) is 37.9 Å². The summed E-state index contributed by atoms with van der Waals surface area (Å²) < 4.78 is 87.3. The molecule has 0 radical (unpaired) electrons. The van der Waals surface area contributed by atoms with Crippen LogP contribution >= 0.6 is 11.3 Å². The van der Waals surface area contributed by atoms with Crippen LogP contribution in [-0.2, 0) is 15.7 Å². The number of pyridine rings is 1. The number of anilines is 1. The Morgan fingerprint density at radius 2 is 1.86 bits per heavy atom. The van der Waals surface area contributed by atoms with Gasteiger partial charge in [0.1, 0.15) is 18.0 Å². The molecule has 4 rings (SSSR count). The highest BCUT2D eigenvalue weighted by molar-refractivity contribution is 7.17. The van der Waals surface area contributed by atoms with E-state index in [0.717, 1.165) is 22.3 Å². The third kappa shape index (κ3) is 5.45. The van der Waals surface area contributed by atoms with Crippen LogP contribution in [0.4, 0.5) is 37.0 Å². The van der Waals surface area contributed by atoms with Gasteiger partial charge in [0.05, 0.1) is 34.4 Å². The van der Waals surface area contributed by atoms with E-state index in [1.165, 1.54) is 12.4 Å². The topological polar surface area (TPSA) is 84.0 Å². The maximum atomic E-state index is 13.8. The van der Waals surface area contributed by atoms with Gasteiger partial charge in [-0.1, -0.05) is 6.92 Å². The van der Waals surface area contributed by atoms with Crippen molar-refractivity contribution < 1.29 is 45.4 Å². The fraction of sp³-hybridized carbons (Fsp3) is 0.571. The Labute approximate surface area is 205 Å². The van der Waals surface area contributed by atoms with Crippen molar-refractivity contribution in [1.82, 2.24) is 15.2 Å². The SMILES string of the molecule is CNC(=O)c1csc2c(C(F)(F)F)cc(N3CC[C@H](OC(=O)N4CC(OC(F)(F)F)C4)[C@H](C)C3)nc12. The zero-order valence-electron chi connectivity index (χ0n) is 19.1. The van der Waals surface area contributed by atoms with Gasteiger partial charge >= 0.3 is 18.6 Å². The molecule has 36 heavy (non-hydrogen) atoms. The maximum absolute atomic E-state index is 13.8. The van der Waals surface area contributed by atoms with Crippen molar-refractivity contribution in [3.8, 4) is 0 Å². The van der Waals surface area contributed by atoms with Crippen molar-refractivity contribution >= 4 is 39.4 Å². The number of aromatic nitrogens is 1. The van der Waals surface area contributed by atoms with Gasteiger partial charge in [0.15, 0.2) is 0 Å². The zero-order chi connectivity index (χ0) is 26.4. The van der Waals surface area contributed by atoms with Crippen LogP contribution in [0.3, 0.4) is 0 Å². The molecule has 0 spiro atoms. The summed E-state index contributed by atoms with van der Waals surface area (Å²) in [6.07, 6.45) is -11.7. The summed E-state index contributed by atoms with van der Waals surface area (Å²) in [4.78, 5) is 31.5. The van der Waals surface area contributed by atoms with Gasteiger partial charge in [-0.05, 0) is 6.07 Å². The first-order valence-electron chi connectivity index (χ1n) is 10.9. The summed E-state index contributed by atoms with van der Waals surface area (Å²) in [5.74, 6) is -0.810. The number of piperidine rings is 1. The minimum absolute atomic E-state index is 0.0428. The van der Waals surface area contributed by atoms with Crippen LogP contribution in [0, 0.1) is 5.92 Å². The van der Waals surface area contributed by atoms with Crippen LogP contribution in [0.15, 0.2) is 11.4 Å². The summed E-state index contributed by atoms with van der Waals surface area (Å²) in [7, 11) is 1.37. The Morgan fingerprint density at radius 3 is 2.44 bits per heavy atom. The van der Waals surface area contributed by atoms with Crippen molar-refractivity contribution in [2.45, 2.75) is 38.1 Å². The van der Waals surface area contributed by atoms with Gasteiger partial charge < -0.3 is 19.9 Å². The Bertz CT molecular complexity index is 1150. The molecule has 0 saturated carbocycles. The van der Waals surface area contributed by atoms with Crippen LogP contribution in [0.5, 0.6) is 0 Å². The summed E-state index contributed by atoms with van der Waals surface area (Å²) in [5, 5.41) is 3.73. The van der Waals surface area contributed by atoms with Crippen molar-refractivity contribution in [1.29, 1.82) is 0 Å². The lowest BCUT2D eigenvalue weighted by molar-refractivity contribution is -0.353. The highest BCUT2D eigenvalue weighted by Gasteiger charge is 2.42. The number of fused-ring (bicyclic) bond motifs is 1. The minimum Gasteiger partial charge on any atom is -0.446 e. The number of carbonyl (C=O) groups is 2. The van der Waals surface area contributed by atoms with E-state index >= 15 is 0 Å². The van der Waals surface area contributed by atoms with Gasteiger partial charge in [-0.2, -0.15) is 13.2 Å². The largest absolute Gasteiger partial charge is 0.522 e. The molecule has 2 aliphatic rings. The number of alkyl halides is 6. The molecule has 2 aromatic heterocycles. The molecule has 198 valence electrons. The van der Waals surface area contributed by atoms with Crippen molar-refractivity contribution in [3.05, 3.63) is 22.6 Å². The number of carbonyl (C=O) groups excluding carboxylic acids is 2. The molecule has 0 aromatic carbocycles. The molecule has 2 atom stereocenters. The van der Waals surface area contributed by atoms with E-state index in [9.17, 15) is 35.9 Å². The highest BCUT2D eigenvalue weighted by atomic mass is 32.1. The van der Waals surface area contributed by atoms with E-state index in [2.05, 4.69) is 15.0 Å². The Kier molecular flexibility index (Phi) is 6.98. The fourth-order valence-electron chi connectivity index (χ4n) is 4.23. The molecule has 2 aromatic rings. The van der Waals surface area contributed by atoms with Crippen LogP contribution in [0.2, 0.25) is 0 Å². The number of likely N-dealkylation sites (tertiary alicyclic amines) is 1. The van der Waals surface area contributed by atoms with Crippen LogP contribution in [0.1, 0.15) is 29.3 Å². The summed E-state index contributed by atoms with van der Waals surface area (Å²) in [5.41, 5.74) is -0.889. The lowest BCUT2D eigenvalue weighted by atomic mass is 9.96. The number of nitrogens with zero attached hydrogens (tertiary/aromatic N) is 3. The third-order valence-corrected chi connectivity index (χ3v) is 7.10. The van der Waals surface area contributed by atoms with Crippen molar-refractivity contribution in [3.63, 3.8) is 0 Å². The van der Waals surface area contributed by atoms with Gasteiger partial charge in [0.2, 0.25) is 0 Å². The highest BCUT2D eigenvalue weighted by Crippen LogP contribution is 2.41. The third-order valence-electron chi connectivity index (χ3n) is 6.10. The first-order valence-corrected chi connectivity index (χ1v) is 11.8. The van der Waals surface area contributed by atoms with Crippen LogP contribution < -0.4 is 10.2 Å². The smallest absolute Gasteiger partial charge is 0.446 e. The summed E-state index contributed by atoms with van der Waals surface area (Å²) >= 11 is 0.792.